The molecule has 0 atom stereocenters. The van der Waals surface area contributed by atoms with Crippen LogP contribution >= 0.6 is 0 Å². The molecule has 6 aliphatic rings. The molecule has 2 N–H and O–H groups in total. The van der Waals surface area contributed by atoms with Crippen LogP contribution in [0.4, 0.5) is 0 Å². The normalized spacial score (nSPS) is 18.4. The average molecular weight is 1360 g/mol. The average Bonchev–Trinajstić information content (AvgIpc) is 1.39. The Labute approximate surface area is 562 Å². The van der Waals surface area contributed by atoms with Crippen LogP contribution in [0.15, 0.2) is 233 Å². The molecule has 504 valence electrons. The molecule has 96 heavy (non-hydrogen) atoms. The molecular formula is C73H80N6O14S3. The quantitative estimate of drug-likeness (QED) is 0.0916. The first-order valence-corrected chi connectivity index (χ1v) is 36.7. The number of para-hydroxylation sites is 6. The van der Waals surface area contributed by atoms with Gasteiger partial charge in [0.05, 0.1) is 18.1 Å². The van der Waals surface area contributed by atoms with Gasteiger partial charge in [-0.25, -0.2) is 25.3 Å². The van der Waals surface area contributed by atoms with Crippen molar-refractivity contribution in [3.63, 3.8) is 0 Å². The van der Waals surface area contributed by atoms with Gasteiger partial charge >= 0.3 is 0 Å². The van der Waals surface area contributed by atoms with Gasteiger partial charge in [-0.3, -0.25) is 19.8 Å². The van der Waals surface area contributed by atoms with Crippen molar-refractivity contribution >= 4 is 41.6 Å². The monoisotopic (exact) mass is 1360 g/mol. The molecule has 0 saturated carbocycles. The minimum atomic E-state index is -3.68. The van der Waals surface area contributed by atoms with Crippen LogP contribution in [0.2, 0.25) is 0 Å². The molecule has 0 bridgehead atoms. The van der Waals surface area contributed by atoms with E-state index in [0.29, 0.717) is 99.6 Å². The van der Waals surface area contributed by atoms with E-state index in [4.69, 9.17) is 28.4 Å². The standard InChI is InChI=1S/C32H32N2O5S.C19H22N2O4S.C17H17NO4S.C5H9NO/c35-40(36,31-17-15-30(16-18-31)39-28-9-5-2-6-10-28)34-21-19-32(20-22-34)33(23-24-37-32)25-26-11-13-29(14-12-26)38-27-7-3-1-4-8-27;22-26(23,21-13-10-19(11-14-21)20-12-15-24-19)18-9-5-4-8-17(18)25-16-6-2-1-3-7-16;19-14-10-12-18(13-11-14)23(20,21)17-9-5-4-8-16(17)22-15-6-2-1-3-7-15;7-5-1-3-6-4-2-5/h1-18H,19-25H2;1-9,20H,10-15H2;1-9H,10-13H2;6H,1-4H2. The Kier molecular flexibility index (Phi) is 23.2. The van der Waals surface area contributed by atoms with E-state index in [0.717, 1.165) is 62.6 Å². The number of nitrogens with zero attached hydrogens (tertiary/aromatic N) is 4. The summed E-state index contributed by atoms with van der Waals surface area (Å²) < 4.78 is 119. The number of benzene rings is 8. The molecule has 14 rings (SSSR count). The second-order valence-electron chi connectivity index (χ2n) is 23.7. The molecule has 0 aliphatic carbocycles. The van der Waals surface area contributed by atoms with Gasteiger partial charge in [0.2, 0.25) is 30.1 Å². The minimum Gasteiger partial charge on any atom is -0.457 e. The summed E-state index contributed by atoms with van der Waals surface area (Å²) >= 11 is 0. The third-order valence-corrected chi connectivity index (χ3v) is 23.1. The lowest BCUT2D eigenvalue weighted by Crippen LogP contribution is -2.53. The maximum absolute atomic E-state index is 13.4. The number of ketones is 2. The van der Waals surface area contributed by atoms with Gasteiger partial charge < -0.3 is 33.7 Å². The molecule has 8 aromatic rings. The first kappa shape index (κ1) is 69.2. The van der Waals surface area contributed by atoms with Crippen LogP contribution in [0, 0.1) is 0 Å². The number of hydrogen-bond donors (Lipinski definition) is 2. The minimum absolute atomic E-state index is 0.102. The fourth-order valence-corrected chi connectivity index (χ4v) is 16.6. The number of nitrogens with one attached hydrogen (secondary N) is 2. The Morgan fingerprint density at radius 2 is 0.771 bits per heavy atom. The highest BCUT2D eigenvalue weighted by molar-refractivity contribution is 7.89. The van der Waals surface area contributed by atoms with E-state index in [1.807, 2.05) is 109 Å². The van der Waals surface area contributed by atoms with Crippen molar-refractivity contribution in [3.05, 3.63) is 224 Å². The van der Waals surface area contributed by atoms with E-state index in [1.54, 1.807) is 95.3 Å². The Morgan fingerprint density at radius 3 is 1.22 bits per heavy atom. The number of Topliss-reactive ketones (excluding diaryl/α,β-unsaturated/α-hetero) is 2. The number of hydrogen-bond acceptors (Lipinski definition) is 17. The number of rotatable bonds is 16. The summed E-state index contributed by atoms with van der Waals surface area (Å²) in [5.74, 6) is 5.21. The molecule has 2 spiro atoms. The number of ether oxygens (including phenoxy) is 6. The van der Waals surface area contributed by atoms with E-state index in [9.17, 15) is 34.8 Å². The van der Waals surface area contributed by atoms with Crippen molar-refractivity contribution in [3.8, 4) is 46.0 Å². The molecule has 6 aliphatic heterocycles. The van der Waals surface area contributed by atoms with Gasteiger partial charge in [-0.2, -0.15) is 12.9 Å². The molecule has 20 nitrogen and oxygen atoms in total. The molecule has 8 aromatic carbocycles. The van der Waals surface area contributed by atoms with E-state index in [2.05, 4.69) is 27.7 Å². The van der Waals surface area contributed by atoms with E-state index in [1.165, 1.54) is 14.7 Å². The maximum Gasteiger partial charge on any atom is 0.246 e. The summed E-state index contributed by atoms with van der Waals surface area (Å²) in [5.41, 5.74) is 0.364. The number of carbonyl (C=O) groups excluding carboxylic acids is 2. The lowest BCUT2D eigenvalue weighted by atomic mass is 9.99. The van der Waals surface area contributed by atoms with Crippen molar-refractivity contribution in [2.45, 2.75) is 84.0 Å². The van der Waals surface area contributed by atoms with Gasteiger partial charge in [-0.15, -0.1) is 0 Å². The van der Waals surface area contributed by atoms with Gasteiger partial charge in [0.15, 0.2) is 0 Å². The second kappa shape index (κ2) is 32.3. The fraction of sp³-hybridized carbons (Fsp3) is 0.315. The van der Waals surface area contributed by atoms with Gasteiger partial charge in [0, 0.05) is 123 Å². The predicted molar refractivity (Wildman–Crippen MR) is 364 cm³/mol. The Hall–Kier alpha value is -8.17. The zero-order valence-corrected chi connectivity index (χ0v) is 55.8. The Balaban J connectivity index is 0.000000145. The summed E-state index contributed by atoms with van der Waals surface area (Å²) in [4.78, 5) is 24.7. The van der Waals surface area contributed by atoms with Crippen LogP contribution in [0.25, 0.3) is 0 Å². The summed E-state index contributed by atoms with van der Waals surface area (Å²) in [6.45, 7) is 7.59. The molecule has 6 fully saturated rings. The van der Waals surface area contributed by atoms with Crippen LogP contribution in [0.3, 0.4) is 0 Å². The van der Waals surface area contributed by atoms with Gasteiger partial charge in [0.1, 0.15) is 78.8 Å². The van der Waals surface area contributed by atoms with Crippen LogP contribution in [0.1, 0.15) is 56.9 Å². The van der Waals surface area contributed by atoms with Crippen LogP contribution in [-0.4, -0.2) is 145 Å². The number of sulfonamides is 3. The van der Waals surface area contributed by atoms with Crippen molar-refractivity contribution in [2.75, 3.05) is 78.7 Å². The smallest absolute Gasteiger partial charge is 0.246 e. The Bertz CT molecular complexity index is 4160. The molecule has 0 aromatic heterocycles. The third-order valence-electron chi connectivity index (χ3n) is 17.3. The van der Waals surface area contributed by atoms with Crippen molar-refractivity contribution < 1.29 is 63.3 Å². The van der Waals surface area contributed by atoms with Crippen LogP contribution in [0.5, 0.6) is 46.0 Å². The molecule has 0 radical (unpaired) electrons. The summed E-state index contributed by atoms with van der Waals surface area (Å²) in [6, 6.07) is 65.5. The highest BCUT2D eigenvalue weighted by Crippen LogP contribution is 2.39. The molecular weight excluding hydrogens is 1280 g/mol. The summed E-state index contributed by atoms with van der Waals surface area (Å²) in [5, 5.41) is 6.45. The van der Waals surface area contributed by atoms with Crippen LogP contribution < -0.4 is 29.6 Å². The van der Waals surface area contributed by atoms with E-state index < -0.39 is 35.8 Å². The number of carbonyl (C=O) groups is 2. The highest BCUT2D eigenvalue weighted by atomic mass is 32.2. The molecule has 0 unspecified atom stereocenters. The molecule has 0 amide bonds. The lowest BCUT2D eigenvalue weighted by Gasteiger charge is -2.43. The van der Waals surface area contributed by atoms with Crippen molar-refractivity contribution in [1.29, 1.82) is 0 Å². The fourth-order valence-electron chi connectivity index (χ4n) is 12.0. The summed E-state index contributed by atoms with van der Waals surface area (Å²) in [7, 11) is -10.9. The third kappa shape index (κ3) is 17.9. The second-order valence-corrected chi connectivity index (χ2v) is 29.4. The molecule has 6 saturated heterocycles. The van der Waals surface area contributed by atoms with Gasteiger partial charge in [0.25, 0.3) is 0 Å². The molecule has 6 heterocycles. The zero-order valence-electron chi connectivity index (χ0n) is 53.4. The number of piperidine rings is 4. The largest absolute Gasteiger partial charge is 0.457 e. The van der Waals surface area contributed by atoms with E-state index in [-0.39, 0.29) is 57.9 Å². The SMILES string of the molecule is O=C1CCN(S(=O)(=O)c2ccccc2Oc2ccccc2)CC1.O=C1CCNCC1.O=S(=O)(c1ccc(Oc2ccccc2)cc1)N1CCC2(CC1)OCCN2Cc1ccc(Oc2ccccc2)cc1.O=S(=O)(c1ccccc1Oc1ccccc1)N1CCC2(CC1)NCCO2. The van der Waals surface area contributed by atoms with Crippen LogP contribution in [-0.2, 0) is 55.7 Å². The van der Waals surface area contributed by atoms with Gasteiger partial charge in [-0.05, 0) is 115 Å². The Morgan fingerprint density at radius 1 is 0.375 bits per heavy atom. The zero-order chi connectivity index (χ0) is 66.9. The van der Waals surface area contributed by atoms with Crippen molar-refractivity contribution in [1.82, 2.24) is 28.4 Å². The maximum atomic E-state index is 13.4. The topological polar surface area (TPSA) is 229 Å². The summed E-state index contributed by atoms with van der Waals surface area (Å²) in [6.07, 6.45) is 4.54. The van der Waals surface area contributed by atoms with Gasteiger partial charge in [-0.1, -0.05) is 109 Å². The first-order chi connectivity index (χ1) is 46.6. The lowest BCUT2D eigenvalue weighted by molar-refractivity contribution is -0.121. The first-order valence-electron chi connectivity index (χ1n) is 32.4. The van der Waals surface area contributed by atoms with Crippen molar-refractivity contribution in [2.24, 2.45) is 0 Å². The molecule has 23 heteroatoms. The predicted octanol–water partition coefficient (Wildman–Crippen LogP) is 11.6. The highest BCUT2D eigenvalue weighted by Gasteiger charge is 2.47. The van der Waals surface area contributed by atoms with E-state index >= 15 is 0 Å².